The Morgan fingerprint density at radius 2 is 2.17 bits per heavy atom. The highest BCUT2D eigenvalue weighted by molar-refractivity contribution is 5.25. The maximum Gasteiger partial charge on any atom is 0.138 e. The first kappa shape index (κ1) is 15.8. The molecule has 0 bridgehead atoms. The lowest BCUT2D eigenvalue weighted by molar-refractivity contribution is 0.131. The topological polar surface area (TPSA) is 56.3 Å². The van der Waals surface area contributed by atoms with Gasteiger partial charge in [-0.05, 0) is 32.6 Å². The van der Waals surface area contributed by atoms with Gasteiger partial charge in [0.15, 0.2) is 0 Å². The molecule has 1 atom stereocenters. The van der Waals surface area contributed by atoms with Crippen LogP contribution in [0.2, 0.25) is 0 Å². The van der Waals surface area contributed by atoms with Crippen molar-refractivity contribution < 1.29 is 9.26 Å². The number of hydrogen-bond donors (Lipinski definition) is 0. The molecular weight excluding hydrogens is 304 g/mol. The molecule has 3 heterocycles. The first-order valence-corrected chi connectivity index (χ1v) is 8.82. The highest BCUT2D eigenvalue weighted by Crippen LogP contribution is 2.35. The monoisotopic (exact) mass is 330 g/mol. The van der Waals surface area contributed by atoms with E-state index in [0.29, 0.717) is 5.92 Å². The fourth-order valence-corrected chi connectivity index (χ4v) is 3.83. The average molecular weight is 330 g/mol. The van der Waals surface area contributed by atoms with Gasteiger partial charge in [-0.2, -0.15) is 0 Å². The summed E-state index contributed by atoms with van der Waals surface area (Å²) in [5.41, 5.74) is 4.78. The van der Waals surface area contributed by atoms with E-state index in [9.17, 15) is 0 Å². The molecule has 1 aliphatic carbocycles. The number of aromatic nitrogens is 3. The maximum atomic E-state index is 5.52. The Bertz CT molecular complexity index is 697. The van der Waals surface area contributed by atoms with Crippen molar-refractivity contribution >= 4 is 0 Å². The summed E-state index contributed by atoms with van der Waals surface area (Å²) < 4.78 is 13.2. The minimum absolute atomic E-state index is 0.375. The first-order valence-electron chi connectivity index (χ1n) is 8.82. The summed E-state index contributed by atoms with van der Waals surface area (Å²) in [6.07, 6.45) is 4.76. The molecule has 1 saturated carbocycles. The Balaban J connectivity index is 1.56. The molecule has 2 aliphatic rings. The molecule has 0 spiro atoms. The molecule has 2 aromatic heterocycles. The summed E-state index contributed by atoms with van der Waals surface area (Å²) in [6, 6.07) is 0. The molecular formula is C18H26N4O2. The lowest BCUT2D eigenvalue weighted by Crippen LogP contribution is -2.36. The van der Waals surface area contributed by atoms with Crippen molar-refractivity contribution in [2.45, 2.75) is 52.2 Å². The van der Waals surface area contributed by atoms with Gasteiger partial charge in [-0.1, -0.05) is 5.16 Å². The van der Waals surface area contributed by atoms with Crippen LogP contribution in [0.25, 0.3) is 0 Å². The maximum absolute atomic E-state index is 5.52. The Labute approximate surface area is 142 Å². The summed E-state index contributed by atoms with van der Waals surface area (Å²) in [4.78, 5) is 7.16. The van der Waals surface area contributed by atoms with E-state index in [-0.39, 0.29) is 0 Å². The fourth-order valence-electron chi connectivity index (χ4n) is 3.83. The molecule has 0 aromatic carbocycles. The van der Waals surface area contributed by atoms with E-state index in [2.05, 4.69) is 14.6 Å². The van der Waals surface area contributed by atoms with E-state index in [1.54, 1.807) is 7.11 Å². The first-order chi connectivity index (χ1) is 11.7. The smallest absolute Gasteiger partial charge is 0.138 e. The molecule has 0 amide bonds. The number of nitrogens with zero attached hydrogens (tertiary/aromatic N) is 4. The molecule has 6 nitrogen and oxygen atoms in total. The molecule has 4 rings (SSSR count). The lowest BCUT2D eigenvalue weighted by Gasteiger charge is -2.33. The quantitative estimate of drug-likeness (QED) is 0.815. The van der Waals surface area contributed by atoms with Gasteiger partial charge in [0, 0.05) is 50.5 Å². The standard InChI is InChI=1S/C18H26N4O2/c1-12-16(13(2)24-20-12)8-21-7-15(10-23-3)18-17(9-21)19-11-22(18)6-14-4-5-14/h11,14-15H,4-10H2,1-3H3. The second-order valence-corrected chi connectivity index (χ2v) is 7.30. The van der Waals surface area contributed by atoms with Gasteiger partial charge in [0.1, 0.15) is 5.76 Å². The molecule has 6 heteroatoms. The van der Waals surface area contributed by atoms with Crippen LogP contribution in [0.3, 0.4) is 0 Å². The zero-order chi connectivity index (χ0) is 16.7. The third-order valence-corrected chi connectivity index (χ3v) is 5.28. The van der Waals surface area contributed by atoms with Gasteiger partial charge < -0.3 is 13.8 Å². The van der Waals surface area contributed by atoms with E-state index < -0.39 is 0 Å². The molecule has 2 aromatic rings. The minimum atomic E-state index is 0.375. The van der Waals surface area contributed by atoms with Crippen LogP contribution in [0, 0.1) is 19.8 Å². The van der Waals surface area contributed by atoms with Crippen LogP contribution in [0.15, 0.2) is 10.9 Å². The van der Waals surface area contributed by atoms with Crippen LogP contribution >= 0.6 is 0 Å². The van der Waals surface area contributed by atoms with Crippen molar-refractivity contribution in [1.82, 2.24) is 19.6 Å². The van der Waals surface area contributed by atoms with E-state index >= 15 is 0 Å². The van der Waals surface area contributed by atoms with E-state index in [4.69, 9.17) is 14.2 Å². The lowest BCUT2D eigenvalue weighted by atomic mass is 9.98. The van der Waals surface area contributed by atoms with Crippen molar-refractivity contribution in [3.05, 3.63) is 34.7 Å². The Morgan fingerprint density at radius 3 is 2.83 bits per heavy atom. The van der Waals surface area contributed by atoms with Crippen LogP contribution in [0.5, 0.6) is 0 Å². The summed E-state index contributed by atoms with van der Waals surface area (Å²) >= 11 is 0. The molecule has 1 unspecified atom stereocenters. The third kappa shape index (κ3) is 3.00. The number of fused-ring (bicyclic) bond motifs is 1. The minimum Gasteiger partial charge on any atom is -0.384 e. The Morgan fingerprint density at radius 1 is 1.33 bits per heavy atom. The van der Waals surface area contributed by atoms with Gasteiger partial charge >= 0.3 is 0 Å². The van der Waals surface area contributed by atoms with Crippen LogP contribution in [0.4, 0.5) is 0 Å². The zero-order valence-corrected chi connectivity index (χ0v) is 14.8. The molecule has 0 saturated heterocycles. The van der Waals surface area contributed by atoms with Crippen molar-refractivity contribution in [2.24, 2.45) is 5.92 Å². The zero-order valence-electron chi connectivity index (χ0n) is 14.8. The van der Waals surface area contributed by atoms with E-state index in [1.807, 2.05) is 20.2 Å². The second kappa shape index (κ2) is 6.33. The predicted octanol–water partition coefficient (Wildman–Crippen LogP) is 2.64. The van der Waals surface area contributed by atoms with Crippen molar-refractivity contribution in [2.75, 3.05) is 20.3 Å². The number of methoxy groups -OCH3 is 1. The second-order valence-electron chi connectivity index (χ2n) is 7.30. The van der Waals surface area contributed by atoms with E-state index in [0.717, 1.165) is 50.2 Å². The van der Waals surface area contributed by atoms with Gasteiger partial charge in [0.25, 0.3) is 0 Å². The van der Waals surface area contributed by atoms with Crippen LogP contribution in [0.1, 0.15) is 47.2 Å². The van der Waals surface area contributed by atoms with Gasteiger partial charge in [-0.25, -0.2) is 4.98 Å². The van der Waals surface area contributed by atoms with Crippen molar-refractivity contribution in [1.29, 1.82) is 0 Å². The number of aryl methyl sites for hydroxylation is 2. The highest BCUT2D eigenvalue weighted by Gasteiger charge is 2.32. The summed E-state index contributed by atoms with van der Waals surface area (Å²) in [6.45, 7) is 8.59. The number of imidazole rings is 1. The van der Waals surface area contributed by atoms with Gasteiger partial charge in [-0.3, -0.25) is 4.90 Å². The molecule has 130 valence electrons. The Hall–Kier alpha value is -1.66. The summed E-state index contributed by atoms with van der Waals surface area (Å²) in [5, 5.41) is 4.08. The SMILES string of the molecule is COCC1CN(Cc2c(C)noc2C)Cc2ncn(CC3CC3)c21. The van der Waals surface area contributed by atoms with Crippen molar-refractivity contribution in [3.63, 3.8) is 0 Å². The average Bonchev–Trinajstić information content (AvgIpc) is 3.21. The van der Waals surface area contributed by atoms with Crippen LogP contribution in [-0.2, 0) is 24.4 Å². The fraction of sp³-hybridized carbons (Fsp3) is 0.667. The highest BCUT2D eigenvalue weighted by atomic mass is 16.5. The number of rotatable bonds is 6. The van der Waals surface area contributed by atoms with Crippen molar-refractivity contribution in [3.8, 4) is 0 Å². The molecule has 24 heavy (non-hydrogen) atoms. The summed E-state index contributed by atoms with van der Waals surface area (Å²) in [7, 11) is 1.79. The molecule has 0 radical (unpaired) electrons. The Kier molecular flexibility index (Phi) is 4.18. The van der Waals surface area contributed by atoms with E-state index in [1.165, 1.54) is 29.8 Å². The van der Waals surface area contributed by atoms with Crippen LogP contribution < -0.4 is 0 Å². The summed E-state index contributed by atoms with van der Waals surface area (Å²) in [5.74, 6) is 2.15. The predicted molar refractivity (Wildman–Crippen MR) is 89.7 cm³/mol. The molecule has 1 aliphatic heterocycles. The van der Waals surface area contributed by atoms with Crippen LogP contribution in [-0.4, -0.2) is 39.9 Å². The van der Waals surface area contributed by atoms with Gasteiger partial charge in [0.05, 0.1) is 24.3 Å². The number of ether oxygens (including phenoxy) is 1. The molecule has 0 N–H and O–H groups in total. The normalized spacial score (nSPS) is 21.2. The molecule has 1 fully saturated rings. The third-order valence-electron chi connectivity index (χ3n) is 5.28. The largest absolute Gasteiger partial charge is 0.384 e. The van der Waals surface area contributed by atoms with Gasteiger partial charge in [-0.15, -0.1) is 0 Å². The van der Waals surface area contributed by atoms with Gasteiger partial charge in [0.2, 0.25) is 0 Å². The number of hydrogen-bond acceptors (Lipinski definition) is 5.